The first-order valence-electron chi connectivity index (χ1n) is 5.49. The molecule has 0 bridgehead atoms. The van der Waals surface area contributed by atoms with Gasteiger partial charge in [-0.25, -0.2) is 0 Å². The van der Waals surface area contributed by atoms with Gasteiger partial charge in [-0.3, -0.25) is 0 Å². The molecule has 1 rings (SSSR count). The Hall–Kier alpha value is -0.330. The topological polar surface area (TPSA) is 44.5 Å². The fourth-order valence-electron chi connectivity index (χ4n) is 1.72. The molecule has 0 heterocycles. The lowest BCUT2D eigenvalue weighted by Crippen LogP contribution is -2.19. The van der Waals surface area contributed by atoms with E-state index in [0.717, 1.165) is 19.3 Å². The van der Waals surface area contributed by atoms with Crippen LogP contribution in [0.1, 0.15) is 25.7 Å². The lowest BCUT2D eigenvalue weighted by Gasteiger charge is -2.12. The Morgan fingerprint density at radius 2 is 1.94 bits per heavy atom. The Morgan fingerprint density at radius 1 is 1.19 bits per heavy atom. The SMILES string of the molecule is NC1CCC(OCCCOCC(F)(F)F)C1. The number of hydrogen-bond donors (Lipinski definition) is 1. The highest BCUT2D eigenvalue weighted by Gasteiger charge is 2.27. The quantitative estimate of drug-likeness (QED) is 0.722. The molecule has 0 radical (unpaired) electrons. The molecule has 16 heavy (non-hydrogen) atoms. The number of hydrogen-bond acceptors (Lipinski definition) is 3. The van der Waals surface area contributed by atoms with E-state index in [1.165, 1.54) is 0 Å². The van der Waals surface area contributed by atoms with Crippen LogP contribution in [0.3, 0.4) is 0 Å². The summed E-state index contributed by atoms with van der Waals surface area (Å²) in [5.74, 6) is 0. The second-order valence-corrected chi connectivity index (χ2v) is 4.09. The molecule has 1 saturated carbocycles. The minimum atomic E-state index is -4.24. The molecule has 1 fully saturated rings. The number of alkyl halides is 3. The summed E-state index contributed by atoms with van der Waals surface area (Å²) in [6, 6.07) is 0.214. The first-order valence-corrected chi connectivity index (χ1v) is 5.49. The van der Waals surface area contributed by atoms with Crippen LogP contribution in [0.25, 0.3) is 0 Å². The molecule has 1 aliphatic rings. The maximum atomic E-state index is 11.7. The van der Waals surface area contributed by atoms with E-state index in [9.17, 15) is 13.2 Å². The zero-order chi connectivity index (χ0) is 12.0. The van der Waals surface area contributed by atoms with Crippen molar-refractivity contribution in [3.8, 4) is 0 Å². The third-order valence-corrected chi connectivity index (χ3v) is 2.48. The van der Waals surface area contributed by atoms with Crippen molar-refractivity contribution < 1.29 is 22.6 Å². The highest BCUT2D eigenvalue weighted by atomic mass is 19.4. The zero-order valence-electron chi connectivity index (χ0n) is 9.13. The number of halogens is 3. The standard InChI is InChI=1S/C10H18F3NO2/c11-10(12,13)7-15-4-1-5-16-9-3-2-8(14)6-9/h8-9H,1-7,14H2. The molecule has 0 aliphatic heterocycles. The predicted molar refractivity (Wildman–Crippen MR) is 53.1 cm³/mol. The summed E-state index contributed by atoms with van der Waals surface area (Å²) in [4.78, 5) is 0. The van der Waals surface area contributed by atoms with Crippen molar-refractivity contribution >= 4 is 0 Å². The van der Waals surface area contributed by atoms with Crippen LogP contribution in [-0.4, -0.2) is 38.1 Å². The van der Waals surface area contributed by atoms with E-state index in [1.54, 1.807) is 0 Å². The summed E-state index contributed by atoms with van der Waals surface area (Å²) in [6.07, 6.45) is -0.804. The highest BCUT2D eigenvalue weighted by molar-refractivity contribution is 4.77. The van der Waals surface area contributed by atoms with Gasteiger partial charge in [-0.1, -0.05) is 0 Å². The lowest BCUT2D eigenvalue weighted by molar-refractivity contribution is -0.174. The lowest BCUT2D eigenvalue weighted by atomic mass is 10.3. The molecule has 2 atom stereocenters. The van der Waals surface area contributed by atoms with Gasteiger partial charge in [0.1, 0.15) is 6.61 Å². The number of ether oxygens (including phenoxy) is 2. The minimum absolute atomic E-state index is 0.0816. The Balaban J connectivity index is 1.89. The van der Waals surface area contributed by atoms with Gasteiger partial charge in [0.2, 0.25) is 0 Å². The van der Waals surface area contributed by atoms with E-state index in [-0.39, 0.29) is 18.8 Å². The summed E-state index contributed by atoms with van der Waals surface area (Å²) in [5, 5.41) is 0. The third kappa shape index (κ3) is 6.30. The summed E-state index contributed by atoms with van der Waals surface area (Å²) in [5.41, 5.74) is 5.70. The maximum Gasteiger partial charge on any atom is 0.411 e. The summed E-state index contributed by atoms with van der Waals surface area (Å²) in [7, 11) is 0. The minimum Gasteiger partial charge on any atom is -0.378 e. The van der Waals surface area contributed by atoms with E-state index in [1.807, 2.05) is 0 Å². The molecule has 96 valence electrons. The van der Waals surface area contributed by atoms with Crippen molar-refractivity contribution in [2.24, 2.45) is 5.73 Å². The van der Waals surface area contributed by atoms with E-state index < -0.39 is 12.8 Å². The van der Waals surface area contributed by atoms with Gasteiger partial charge in [0, 0.05) is 19.3 Å². The van der Waals surface area contributed by atoms with E-state index in [2.05, 4.69) is 4.74 Å². The number of rotatable bonds is 6. The maximum absolute atomic E-state index is 11.7. The molecule has 0 aromatic carbocycles. The second kappa shape index (κ2) is 6.42. The van der Waals surface area contributed by atoms with Crippen molar-refractivity contribution in [1.29, 1.82) is 0 Å². The van der Waals surface area contributed by atoms with Crippen LogP contribution >= 0.6 is 0 Å². The van der Waals surface area contributed by atoms with Crippen LogP contribution in [0, 0.1) is 0 Å². The van der Waals surface area contributed by atoms with Crippen LogP contribution in [0.15, 0.2) is 0 Å². The van der Waals surface area contributed by atoms with Crippen molar-refractivity contribution in [2.45, 2.75) is 44.0 Å². The van der Waals surface area contributed by atoms with Crippen LogP contribution in [0.5, 0.6) is 0 Å². The van der Waals surface area contributed by atoms with Gasteiger partial charge in [0.25, 0.3) is 0 Å². The Bertz CT molecular complexity index is 199. The predicted octanol–water partition coefficient (Wildman–Crippen LogP) is 1.85. The first kappa shape index (κ1) is 13.7. The second-order valence-electron chi connectivity index (χ2n) is 4.09. The van der Waals surface area contributed by atoms with Crippen molar-refractivity contribution in [3.05, 3.63) is 0 Å². The molecule has 2 N–H and O–H groups in total. The van der Waals surface area contributed by atoms with E-state index in [4.69, 9.17) is 10.5 Å². The Morgan fingerprint density at radius 3 is 2.50 bits per heavy atom. The largest absolute Gasteiger partial charge is 0.411 e. The fraction of sp³-hybridized carbons (Fsp3) is 1.00. The molecule has 2 unspecified atom stereocenters. The molecule has 0 saturated heterocycles. The third-order valence-electron chi connectivity index (χ3n) is 2.48. The fourth-order valence-corrected chi connectivity index (χ4v) is 1.72. The average molecular weight is 241 g/mol. The van der Waals surface area contributed by atoms with Crippen molar-refractivity contribution in [2.75, 3.05) is 19.8 Å². The van der Waals surface area contributed by atoms with Crippen LogP contribution in [0.4, 0.5) is 13.2 Å². The number of nitrogens with two attached hydrogens (primary N) is 1. The molecule has 0 spiro atoms. The molecule has 6 heteroatoms. The smallest absolute Gasteiger partial charge is 0.378 e. The molecule has 0 amide bonds. The molecule has 0 aromatic rings. The van der Waals surface area contributed by atoms with E-state index in [0.29, 0.717) is 13.0 Å². The summed E-state index contributed by atoms with van der Waals surface area (Å²) < 4.78 is 45.0. The monoisotopic (exact) mass is 241 g/mol. The van der Waals surface area contributed by atoms with Gasteiger partial charge in [-0.15, -0.1) is 0 Å². The van der Waals surface area contributed by atoms with Gasteiger partial charge in [-0.2, -0.15) is 13.2 Å². The van der Waals surface area contributed by atoms with Crippen LogP contribution in [0.2, 0.25) is 0 Å². The average Bonchev–Trinajstić information content (AvgIpc) is 2.56. The van der Waals surface area contributed by atoms with Crippen LogP contribution in [-0.2, 0) is 9.47 Å². The highest BCUT2D eigenvalue weighted by Crippen LogP contribution is 2.20. The van der Waals surface area contributed by atoms with Crippen molar-refractivity contribution in [3.63, 3.8) is 0 Å². The zero-order valence-corrected chi connectivity index (χ0v) is 9.13. The molecular weight excluding hydrogens is 223 g/mol. The van der Waals surface area contributed by atoms with Crippen molar-refractivity contribution in [1.82, 2.24) is 0 Å². The van der Waals surface area contributed by atoms with Gasteiger partial charge < -0.3 is 15.2 Å². The Labute approximate surface area is 93.1 Å². The normalized spacial score (nSPS) is 26.2. The van der Waals surface area contributed by atoms with Gasteiger partial charge in [-0.05, 0) is 25.7 Å². The molecule has 1 aliphatic carbocycles. The summed E-state index contributed by atoms with van der Waals surface area (Å²) >= 11 is 0. The molecule has 3 nitrogen and oxygen atoms in total. The summed E-state index contributed by atoms with van der Waals surface area (Å²) in [6.45, 7) is -0.658. The van der Waals surface area contributed by atoms with Crippen LogP contribution < -0.4 is 5.73 Å². The Kier molecular flexibility index (Phi) is 5.51. The van der Waals surface area contributed by atoms with Gasteiger partial charge in [0.05, 0.1) is 6.10 Å². The van der Waals surface area contributed by atoms with Gasteiger partial charge in [0.15, 0.2) is 0 Å². The molecular formula is C10H18F3NO2. The van der Waals surface area contributed by atoms with E-state index >= 15 is 0 Å². The van der Waals surface area contributed by atoms with Gasteiger partial charge >= 0.3 is 6.18 Å². The molecule has 0 aromatic heterocycles. The first-order chi connectivity index (χ1) is 7.47.